The molecule has 1 aliphatic rings. The lowest BCUT2D eigenvalue weighted by atomic mass is 9.96. The van der Waals surface area contributed by atoms with Crippen LogP contribution >= 0.6 is 11.3 Å². The Hall–Kier alpha value is -2.61. The van der Waals surface area contributed by atoms with E-state index in [1.165, 1.54) is 11.3 Å². The molecular formula is C20H24N2O5S. The summed E-state index contributed by atoms with van der Waals surface area (Å²) in [6.45, 7) is 3.59. The molecule has 1 aromatic heterocycles. The van der Waals surface area contributed by atoms with E-state index in [1.807, 2.05) is 5.38 Å². The summed E-state index contributed by atoms with van der Waals surface area (Å²) in [6, 6.07) is 5.17. The van der Waals surface area contributed by atoms with Crippen LogP contribution in [0.4, 0.5) is 0 Å². The second kappa shape index (κ2) is 9.54. The van der Waals surface area contributed by atoms with Crippen LogP contribution in [0.5, 0.6) is 11.5 Å². The van der Waals surface area contributed by atoms with Crippen molar-refractivity contribution < 1.29 is 23.8 Å². The van der Waals surface area contributed by atoms with Crippen molar-refractivity contribution in [2.45, 2.75) is 26.4 Å². The average molecular weight is 404 g/mol. The zero-order valence-corrected chi connectivity index (χ0v) is 16.9. The molecule has 0 atom stereocenters. The van der Waals surface area contributed by atoms with Gasteiger partial charge in [0.2, 0.25) is 0 Å². The molecule has 1 aromatic carbocycles. The second-order valence-electron chi connectivity index (χ2n) is 6.45. The fourth-order valence-electron chi connectivity index (χ4n) is 3.14. The van der Waals surface area contributed by atoms with E-state index in [0.717, 1.165) is 5.69 Å². The molecule has 2 aromatic rings. The minimum Gasteiger partial charge on any atom is -0.493 e. The molecule has 0 saturated carbocycles. The highest BCUT2D eigenvalue weighted by Gasteiger charge is 2.29. The predicted octanol–water partition coefficient (Wildman–Crippen LogP) is 3.15. The van der Waals surface area contributed by atoms with Gasteiger partial charge in [0, 0.05) is 24.0 Å². The molecule has 2 heterocycles. The number of esters is 1. The number of benzene rings is 1. The van der Waals surface area contributed by atoms with Gasteiger partial charge in [-0.2, -0.15) is 0 Å². The summed E-state index contributed by atoms with van der Waals surface area (Å²) in [5.41, 5.74) is 3.13. The van der Waals surface area contributed by atoms with E-state index in [1.54, 1.807) is 42.6 Å². The molecule has 7 nitrogen and oxygen atoms in total. The Morgan fingerprint density at radius 3 is 2.68 bits per heavy atom. The molecule has 28 heavy (non-hydrogen) atoms. The van der Waals surface area contributed by atoms with Gasteiger partial charge in [0.25, 0.3) is 5.91 Å². The Balaban J connectivity index is 1.61. The Labute approximate surface area is 168 Å². The van der Waals surface area contributed by atoms with Crippen LogP contribution in [0, 0.1) is 5.92 Å². The number of likely N-dealkylation sites (tertiary alicyclic amines) is 1. The van der Waals surface area contributed by atoms with E-state index in [4.69, 9.17) is 14.2 Å². The third-order valence-electron chi connectivity index (χ3n) is 4.67. The fraction of sp³-hybridized carbons (Fsp3) is 0.450. The van der Waals surface area contributed by atoms with Crippen molar-refractivity contribution in [3.63, 3.8) is 0 Å². The van der Waals surface area contributed by atoms with Crippen LogP contribution in [-0.2, 0) is 16.1 Å². The maximum Gasteiger partial charge on any atom is 0.309 e. The molecule has 0 radical (unpaired) electrons. The number of piperidine rings is 1. The van der Waals surface area contributed by atoms with Crippen molar-refractivity contribution in [2.24, 2.45) is 5.92 Å². The summed E-state index contributed by atoms with van der Waals surface area (Å²) >= 11 is 1.51. The number of ether oxygens (including phenoxy) is 3. The molecule has 0 unspecified atom stereocenters. The molecule has 3 rings (SSSR count). The number of amides is 1. The summed E-state index contributed by atoms with van der Waals surface area (Å²) in [6.07, 6.45) is 1.24. The number of carbonyl (C=O) groups is 2. The maximum atomic E-state index is 12.8. The van der Waals surface area contributed by atoms with Crippen molar-refractivity contribution in [1.29, 1.82) is 0 Å². The average Bonchev–Trinajstić information content (AvgIpc) is 3.25. The van der Waals surface area contributed by atoms with Gasteiger partial charge in [0.05, 0.1) is 30.8 Å². The lowest BCUT2D eigenvalue weighted by Gasteiger charge is -2.31. The summed E-state index contributed by atoms with van der Waals surface area (Å²) in [5.74, 6) is 0.695. The van der Waals surface area contributed by atoms with Gasteiger partial charge in [-0.05, 0) is 38.0 Å². The van der Waals surface area contributed by atoms with Crippen LogP contribution in [0.15, 0.2) is 29.1 Å². The highest BCUT2D eigenvalue weighted by Crippen LogP contribution is 2.30. The van der Waals surface area contributed by atoms with Crippen molar-refractivity contribution in [3.05, 3.63) is 40.3 Å². The zero-order chi connectivity index (χ0) is 19.9. The summed E-state index contributed by atoms with van der Waals surface area (Å²) < 4.78 is 16.2. The van der Waals surface area contributed by atoms with Crippen molar-refractivity contribution >= 4 is 23.2 Å². The monoisotopic (exact) mass is 404 g/mol. The van der Waals surface area contributed by atoms with Crippen LogP contribution in [-0.4, -0.2) is 48.6 Å². The summed E-state index contributed by atoms with van der Waals surface area (Å²) in [7, 11) is 1.55. The Bertz CT molecular complexity index is 801. The number of nitrogens with zero attached hydrogens (tertiary/aromatic N) is 2. The third kappa shape index (κ3) is 4.81. The first-order valence-electron chi connectivity index (χ1n) is 9.26. The van der Waals surface area contributed by atoms with Gasteiger partial charge in [-0.1, -0.05) is 0 Å². The second-order valence-corrected chi connectivity index (χ2v) is 7.17. The largest absolute Gasteiger partial charge is 0.493 e. The Kier molecular flexibility index (Phi) is 6.86. The predicted molar refractivity (Wildman–Crippen MR) is 105 cm³/mol. The van der Waals surface area contributed by atoms with Crippen LogP contribution < -0.4 is 9.47 Å². The number of hydrogen-bond acceptors (Lipinski definition) is 7. The molecule has 1 amide bonds. The number of rotatable bonds is 7. The molecular weight excluding hydrogens is 380 g/mol. The van der Waals surface area contributed by atoms with Crippen LogP contribution in [0.1, 0.15) is 35.8 Å². The minimum absolute atomic E-state index is 0.0772. The van der Waals surface area contributed by atoms with Crippen LogP contribution in [0.3, 0.4) is 0 Å². The number of methoxy groups -OCH3 is 1. The molecule has 1 aliphatic heterocycles. The Morgan fingerprint density at radius 2 is 2.04 bits per heavy atom. The highest BCUT2D eigenvalue weighted by atomic mass is 32.1. The standard InChI is InChI=1S/C20H24N2O5S/c1-3-26-20(24)14-6-8-22(9-7-14)19(23)15-4-5-17(18(10-15)25-2)27-11-16-12-28-13-21-16/h4-5,10,12-14H,3,6-9,11H2,1-2H3. The van der Waals surface area contributed by atoms with Crippen molar-refractivity contribution in [1.82, 2.24) is 9.88 Å². The van der Waals surface area contributed by atoms with Gasteiger partial charge in [-0.25, -0.2) is 4.98 Å². The van der Waals surface area contributed by atoms with E-state index in [-0.39, 0.29) is 17.8 Å². The number of aromatic nitrogens is 1. The van der Waals surface area contributed by atoms with Gasteiger partial charge in [0.1, 0.15) is 6.61 Å². The molecule has 1 fully saturated rings. The quantitative estimate of drug-likeness (QED) is 0.660. The molecule has 1 saturated heterocycles. The SMILES string of the molecule is CCOC(=O)C1CCN(C(=O)c2ccc(OCc3cscn3)c(OC)c2)CC1. The highest BCUT2D eigenvalue weighted by molar-refractivity contribution is 7.07. The summed E-state index contributed by atoms with van der Waals surface area (Å²) in [4.78, 5) is 30.6. The molecule has 8 heteroatoms. The fourth-order valence-corrected chi connectivity index (χ4v) is 3.68. The number of hydrogen-bond donors (Lipinski definition) is 0. The molecule has 0 N–H and O–H groups in total. The number of thiazole rings is 1. The lowest BCUT2D eigenvalue weighted by molar-refractivity contribution is -0.149. The van der Waals surface area contributed by atoms with Gasteiger partial charge < -0.3 is 19.1 Å². The summed E-state index contributed by atoms with van der Waals surface area (Å²) in [5, 5.41) is 1.92. The Morgan fingerprint density at radius 1 is 1.25 bits per heavy atom. The van der Waals surface area contributed by atoms with Gasteiger partial charge in [-0.15, -0.1) is 11.3 Å². The van der Waals surface area contributed by atoms with Crippen molar-refractivity contribution in [3.8, 4) is 11.5 Å². The van der Waals surface area contributed by atoms with Gasteiger partial charge >= 0.3 is 5.97 Å². The van der Waals surface area contributed by atoms with Crippen molar-refractivity contribution in [2.75, 3.05) is 26.8 Å². The maximum absolute atomic E-state index is 12.8. The van der Waals surface area contributed by atoms with Crippen LogP contribution in [0.25, 0.3) is 0 Å². The first-order valence-corrected chi connectivity index (χ1v) is 10.2. The van der Waals surface area contributed by atoms with E-state index >= 15 is 0 Å². The minimum atomic E-state index is -0.169. The molecule has 0 aliphatic carbocycles. The normalized spacial score (nSPS) is 14.6. The molecule has 0 bridgehead atoms. The van der Waals surface area contributed by atoms with Crippen LogP contribution in [0.2, 0.25) is 0 Å². The van der Waals surface area contributed by atoms with E-state index in [2.05, 4.69) is 4.98 Å². The third-order valence-corrected chi connectivity index (χ3v) is 5.31. The molecule has 0 spiro atoms. The first-order chi connectivity index (χ1) is 13.6. The number of carbonyl (C=O) groups excluding carboxylic acids is 2. The topological polar surface area (TPSA) is 78.0 Å². The van der Waals surface area contributed by atoms with E-state index in [0.29, 0.717) is 56.2 Å². The van der Waals surface area contributed by atoms with Gasteiger partial charge in [0.15, 0.2) is 11.5 Å². The smallest absolute Gasteiger partial charge is 0.309 e. The van der Waals surface area contributed by atoms with Gasteiger partial charge in [-0.3, -0.25) is 9.59 Å². The first kappa shape index (κ1) is 20.1. The zero-order valence-electron chi connectivity index (χ0n) is 16.1. The van der Waals surface area contributed by atoms with E-state index < -0.39 is 0 Å². The lowest BCUT2D eigenvalue weighted by Crippen LogP contribution is -2.40. The van der Waals surface area contributed by atoms with E-state index in [9.17, 15) is 9.59 Å². The molecule has 150 valence electrons.